The van der Waals surface area contributed by atoms with Crippen LogP contribution >= 0.6 is 23.5 Å². The van der Waals surface area contributed by atoms with Gasteiger partial charge in [0.1, 0.15) is 15.9 Å². The first-order chi connectivity index (χ1) is 12.5. The Balaban J connectivity index is 1.73. The maximum Gasteiger partial charge on any atom is 0.269 e. The average Bonchev–Trinajstić information content (AvgIpc) is 3.30. The van der Waals surface area contributed by atoms with Crippen molar-refractivity contribution in [2.45, 2.75) is 10.3 Å². The molecule has 0 bridgehead atoms. The van der Waals surface area contributed by atoms with Gasteiger partial charge < -0.3 is 0 Å². The minimum Gasteiger partial charge on any atom is -0.258 e. The maximum atomic E-state index is 13.2. The van der Waals surface area contributed by atoms with Crippen molar-refractivity contribution in [2.75, 3.05) is 12.3 Å². The fourth-order valence-electron chi connectivity index (χ4n) is 2.84. The third-order valence-electron chi connectivity index (χ3n) is 4.07. The lowest BCUT2D eigenvalue weighted by Crippen LogP contribution is -2.30. The average molecular weight is 408 g/mol. The molecule has 1 aliphatic heterocycles. The van der Waals surface area contributed by atoms with Crippen LogP contribution in [0.15, 0.2) is 47.4 Å². The minimum atomic E-state index is -3.78. The number of hydrogen-bond donors (Lipinski definition) is 0. The molecule has 1 unspecified atom stereocenters. The quantitative estimate of drug-likeness (QED) is 0.482. The summed E-state index contributed by atoms with van der Waals surface area (Å²) in [6, 6.07) is 10.9. The summed E-state index contributed by atoms with van der Waals surface area (Å²) in [6.45, 7) is 0.364. The molecule has 1 aliphatic rings. The van der Waals surface area contributed by atoms with Gasteiger partial charge in [0.15, 0.2) is 0 Å². The Morgan fingerprint density at radius 2 is 1.92 bits per heavy atom. The van der Waals surface area contributed by atoms with Gasteiger partial charge in [0.05, 0.1) is 22.0 Å². The number of nitro groups is 1. The lowest BCUT2D eigenvalue weighted by molar-refractivity contribution is -0.384. The van der Waals surface area contributed by atoms with Crippen LogP contribution in [0.2, 0.25) is 0 Å². The molecule has 26 heavy (non-hydrogen) atoms. The Hall–Kier alpha value is -2.08. The van der Waals surface area contributed by atoms with Crippen LogP contribution in [0.5, 0.6) is 0 Å². The van der Waals surface area contributed by atoms with Gasteiger partial charge in [-0.1, -0.05) is 6.07 Å². The van der Waals surface area contributed by atoms with Crippen LogP contribution in [0, 0.1) is 10.1 Å². The predicted octanol–water partition coefficient (Wildman–Crippen LogP) is 3.04. The van der Waals surface area contributed by atoms with Crippen LogP contribution < -0.4 is 0 Å². The summed E-state index contributed by atoms with van der Waals surface area (Å²) in [5.74, 6) is 0.645. The van der Waals surface area contributed by atoms with Crippen LogP contribution in [0.4, 0.5) is 5.69 Å². The summed E-state index contributed by atoms with van der Waals surface area (Å²) in [5.41, 5.74) is 1.61. The number of aromatic nitrogens is 2. The van der Waals surface area contributed by atoms with E-state index in [4.69, 9.17) is 0 Å². The fourth-order valence-corrected chi connectivity index (χ4v) is 6.84. The van der Waals surface area contributed by atoms with Gasteiger partial charge in [-0.15, -0.1) is 11.8 Å². The molecule has 0 amide bonds. The number of hydrogen-bond acceptors (Lipinski definition) is 8. The summed E-state index contributed by atoms with van der Waals surface area (Å²) < 4.78 is 36.1. The van der Waals surface area contributed by atoms with Gasteiger partial charge in [-0.2, -0.15) is 13.1 Å². The first-order valence-corrected chi connectivity index (χ1v) is 10.8. The smallest absolute Gasteiger partial charge is 0.258 e. The standard InChI is InChI=1S/C15H12N4O4S3/c20-19(21)11-6-4-10(5-7-11)15-18(8-9-24-15)26(22,23)13-3-1-2-12-14(13)17-25-16-12/h1-7,15H,8-9H2. The molecular weight excluding hydrogens is 396 g/mol. The molecule has 3 aromatic rings. The molecule has 2 aromatic carbocycles. The largest absolute Gasteiger partial charge is 0.269 e. The molecule has 0 aliphatic carbocycles. The number of nitro benzene ring substituents is 1. The van der Waals surface area contributed by atoms with Crippen LogP contribution in [0.1, 0.15) is 10.9 Å². The molecule has 0 N–H and O–H groups in total. The Kier molecular flexibility index (Phi) is 4.39. The van der Waals surface area contributed by atoms with Crippen molar-refractivity contribution in [1.29, 1.82) is 0 Å². The van der Waals surface area contributed by atoms with Crippen molar-refractivity contribution in [3.05, 3.63) is 58.1 Å². The third kappa shape index (κ3) is 2.86. The molecular formula is C15H12N4O4S3. The van der Waals surface area contributed by atoms with Crippen molar-refractivity contribution in [3.63, 3.8) is 0 Å². The fraction of sp³-hybridized carbons (Fsp3) is 0.200. The molecule has 134 valence electrons. The van der Waals surface area contributed by atoms with Crippen molar-refractivity contribution < 1.29 is 13.3 Å². The number of nitrogens with zero attached hydrogens (tertiary/aromatic N) is 4. The van der Waals surface area contributed by atoms with Crippen molar-refractivity contribution >= 4 is 50.2 Å². The highest BCUT2D eigenvalue weighted by atomic mass is 32.2. The van der Waals surface area contributed by atoms with Crippen LogP contribution in [0.3, 0.4) is 0 Å². The van der Waals surface area contributed by atoms with Gasteiger partial charge in [0.25, 0.3) is 5.69 Å². The number of rotatable bonds is 4. The molecule has 0 spiro atoms. The topological polar surface area (TPSA) is 106 Å². The zero-order valence-electron chi connectivity index (χ0n) is 13.2. The predicted molar refractivity (Wildman–Crippen MR) is 99.6 cm³/mol. The SMILES string of the molecule is O=[N+]([O-])c1ccc(C2SCCN2S(=O)(=O)c2cccc3nsnc23)cc1. The second-order valence-electron chi connectivity index (χ2n) is 5.58. The highest BCUT2D eigenvalue weighted by Crippen LogP contribution is 2.42. The highest BCUT2D eigenvalue weighted by molar-refractivity contribution is 8.01. The van der Waals surface area contributed by atoms with E-state index in [2.05, 4.69) is 8.75 Å². The first-order valence-electron chi connectivity index (χ1n) is 7.57. The zero-order chi connectivity index (χ0) is 18.3. The monoisotopic (exact) mass is 408 g/mol. The molecule has 0 saturated carbocycles. The molecule has 2 heterocycles. The number of benzene rings is 2. The molecule has 8 nitrogen and oxygen atoms in total. The molecule has 1 atom stereocenters. The molecule has 4 rings (SSSR count). The van der Waals surface area contributed by atoms with Crippen LogP contribution in [-0.4, -0.2) is 38.7 Å². The molecule has 11 heteroatoms. The molecule has 1 saturated heterocycles. The Morgan fingerprint density at radius 3 is 2.65 bits per heavy atom. The zero-order valence-corrected chi connectivity index (χ0v) is 15.6. The second kappa shape index (κ2) is 6.58. The van der Waals surface area contributed by atoms with Crippen LogP contribution in [0.25, 0.3) is 11.0 Å². The molecule has 1 fully saturated rings. The summed E-state index contributed by atoms with van der Waals surface area (Å²) in [7, 11) is -3.78. The summed E-state index contributed by atoms with van der Waals surface area (Å²) in [4.78, 5) is 10.5. The van der Waals surface area contributed by atoms with Gasteiger partial charge in [0.2, 0.25) is 10.0 Å². The number of sulfonamides is 1. The minimum absolute atomic E-state index is 0.0236. The van der Waals surface area contributed by atoms with Gasteiger partial charge in [-0.25, -0.2) is 8.42 Å². The normalized spacial score (nSPS) is 18.4. The Labute approximate surface area is 157 Å². The maximum absolute atomic E-state index is 13.2. The van der Waals surface area contributed by atoms with Gasteiger partial charge >= 0.3 is 0 Å². The molecule has 1 aromatic heterocycles. The second-order valence-corrected chi connectivity index (χ2v) is 9.15. The third-order valence-corrected chi connectivity index (χ3v) is 7.91. The Bertz CT molecular complexity index is 1080. The van der Waals surface area contributed by atoms with E-state index in [1.165, 1.54) is 34.3 Å². The molecule has 0 radical (unpaired) electrons. The van der Waals surface area contributed by atoms with Crippen molar-refractivity contribution in [1.82, 2.24) is 13.1 Å². The summed E-state index contributed by atoms with van der Waals surface area (Å²) in [6.07, 6.45) is 0. The van der Waals surface area contributed by atoms with Crippen molar-refractivity contribution in [2.24, 2.45) is 0 Å². The van der Waals surface area contributed by atoms with E-state index in [-0.39, 0.29) is 10.6 Å². The van der Waals surface area contributed by atoms with E-state index in [0.717, 1.165) is 11.7 Å². The number of thioether (sulfide) groups is 1. The van der Waals surface area contributed by atoms with E-state index in [1.807, 2.05) is 0 Å². The van der Waals surface area contributed by atoms with E-state index in [9.17, 15) is 18.5 Å². The van der Waals surface area contributed by atoms with Crippen molar-refractivity contribution in [3.8, 4) is 0 Å². The lowest BCUT2D eigenvalue weighted by Gasteiger charge is -2.23. The number of non-ortho nitro benzene ring substituents is 1. The Morgan fingerprint density at radius 1 is 1.15 bits per heavy atom. The lowest BCUT2D eigenvalue weighted by atomic mass is 10.2. The first kappa shape index (κ1) is 17.3. The highest BCUT2D eigenvalue weighted by Gasteiger charge is 2.38. The van der Waals surface area contributed by atoms with Gasteiger partial charge in [-0.3, -0.25) is 10.1 Å². The van der Waals surface area contributed by atoms with E-state index < -0.39 is 20.3 Å². The van der Waals surface area contributed by atoms with E-state index in [1.54, 1.807) is 24.3 Å². The van der Waals surface area contributed by atoms with Gasteiger partial charge in [-0.05, 0) is 29.8 Å². The summed E-state index contributed by atoms with van der Waals surface area (Å²) >= 11 is 2.47. The number of fused-ring (bicyclic) bond motifs is 1. The summed E-state index contributed by atoms with van der Waals surface area (Å²) in [5, 5.41) is 10.4. The van der Waals surface area contributed by atoms with Gasteiger partial charge in [0, 0.05) is 24.4 Å². The van der Waals surface area contributed by atoms with E-state index in [0.29, 0.717) is 28.9 Å². The van der Waals surface area contributed by atoms with E-state index >= 15 is 0 Å². The van der Waals surface area contributed by atoms with Crippen LogP contribution in [-0.2, 0) is 10.0 Å².